The van der Waals surface area contributed by atoms with Gasteiger partial charge in [0.2, 0.25) is 0 Å². The molecule has 1 aromatic carbocycles. The molecule has 0 aliphatic rings. The molecule has 0 amide bonds. The van der Waals surface area contributed by atoms with Crippen molar-refractivity contribution in [3.8, 4) is 0 Å². The van der Waals surface area contributed by atoms with Crippen LogP contribution < -0.4 is 0 Å². The van der Waals surface area contributed by atoms with Crippen LogP contribution in [-0.4, -0.2) is 31.8 Å². The summed E-state index contributed by atoms with van der Waals surface area (Å²) in [5, 5.41) is 0.767. The fourth-order valence-corrected chi connectivity index (χ4v) is 2.84. The third-order valence-electron chi connectivity index (χ3n) is 3.11. The predicted molar refractivity (Wildman–Crippen MR) is 76.4 cm³/mol. The number of carbonyl (C=O) groups is 1. The van der Waals surface area contributed by atoms with E-state index in [2.05, 4.69) is 0 Å². The van der Waals surface area contributed by atoms with Crippen molar-refractivity contribution in [3.05, 3.63) is 30.0 Å². The van der Waals surface area contributed by atoms with Gasteiger partial charge in [-0.3, -0.25) is 4.79 Å². The minimum absolute atomic E-state index is 0.137. The van der Waals surface area contributed by atoms with Gasteiger partial charge >= 0.3 is 5.97 Å². The van der Waals surface area contributed by atoms with Gasteiger partial charge < -0.3 is 9.30 Å². The van der Waals surface area contributed by atoms with Crippen molar-refractivity contribution in [1.29, 1.82) is 0 Å². The standard InChI is InChI=1S/C14H17NO4S/c1-4-19-14(16)7-10-9-15(2)13-6-5-11(8-12(10)13)20(3,17)18/h5-6,8-9H,4,7H2,1-3H3. The third-order valence-corrected chi connectivity index (χ3v) is 4.22. The molecular weight excluding hydrogens is 278 g/mol. The number of carbonyl (C=O) groups excluding carboxylic acids is 1. The molecule has 0 aliphatic heterocycles. The first-order chi connectivity index (χ1) is 9.32. The van der Waals surface area contributed by atoms with Crippen LogP contribution in [0.1, 0.15) is 12.5 Å². The second-order valence-corrected chi connectivity index (χ2v) is 6.71. The van der Waals surface area contributed by atoms with Gasteiger partial charge in [0, 0.05) is 30.4 Å². The zero-order chi connectivity index (χ0) is 14.9. The first kappa shape index (κ1) is 14.6. The number of benzene rings is 1. The summed E-state index contributed by atoms with van der Waals surface area (Å²) in [6.45, 7) is 2.08. The maximum absolute atomic E-state index is 11.6. The molecule has 2 aromatic rings. The molecule has 0 bridgehead atoms. The van der Waals surface area contributed by atoms with E-state index in [9.17, 15) is 13.2 Å². The van der Waals surface area contributed by atoms with Gasteiger partial charge in [-0.2, -0.15) is 0 Å². The number of esters is 1. The molecule has 108 valence electrons. The van der Waals surface area contributed by atoms with Crippen LogP contribution in [0.15, 0.2) is 29.3 Å². The molecule has 0 atom stereocenters. The zero-order valence-corrected chi connectivity index (χ0v) is 12.5. The maximum atomic E-state index is 11.6. The van der Waals surface area contributed by atoms with Gasteiger partial charge in [-0.15, -0.1) is 0 Å². The minimum atomic E-state index is -3.27. The molecule has 6 heteroatoms. The Morgan fingerprint density at radius 3 is 2.65 bits per heavy atom. The number of fused-ring (bicyclic) bond motifs is 1. The summed E-state index contributed by atoms with van der Waals surface area (Å²) in [7, 11) is -1.41. The lowest BCUT2D eigenvalue weighted by Gasteiger charge is -2.02. The van der Waals surface area contributed by atoms with Crippen LogP contribution in [0.3, 0.4) is 0 Å². The van der Waals surface area contributed by atoms with Gasteiger partial charge in [0.15, 0.2) is 9.84 Å². The van der Waals surface area contributed by atoms with Crippen LogP contribution in [0.5, 0.6) is 0 Å². The summed E-state index contributed by atoms with van der Waals surface area (Å²) in [6, 6.07) is 4.94. The second-order valence-electron chi connectivity index (χ2n) is 4.70. The summed E-state index contributed by atoms with van der Waals surface area (Å²) < 4.78 is 30.0. The van der Waals surface area contributed by atoms with E-state index >= 15 is 0 Å². The van der Waals surface area contributed by atoms with Crippen LogP contribution >= 0.6 is 0 Å². The Bertz CT molecular complexity index is 759. The molecule has 2 rings (SSSR count). The molecule has 1 aromatic heterocycles. The van der Waals surface area contributed by atoms with Crippen LogP contribution in [0.2, 0.25) is 0 Å². The van der Waals surface area contributed by atoms with Crippen molar-refractivity contribution in [2.45, 2.75) is 18.2 Å². The lowest BCUT2D eigenvalue weighted by molar-refractivity contribution is -0.142. The highest BCUT2D eigenvalue weighted by atomic mass is 32.2. The molecule has 1 heterocycles. The fourth-order valence-electron chi connectivity index (χ4n) is 2.19. The molecule has 0 saturated carbocycles. The van der Waals surface area contributed by atoms with Gasteiger partial charge in [-0.05, 0) is 30.7 Å². The zero-order valence-electron chi connectivity index (χ0n) is 11.7. The summed E-state index contributed by atoms with van der Waals surface area (Å²) in [6.07, 6.45) is 3.13. The Hall–Kier alpha value is -1.82. The Kier molecular flexibility index (Phi) is 3.85. The molecule has 0 spiro atoms. The summed E-state index contributed by atoms with van der Waals surface area (Å²) >= 11 is 0. The lowest BCUT2D eigenvalue weighted by Crippen LogP contribution is -2.07. The summed E-state index contributed by atoms with van der Waals surface area (Å²) in [5.74, 6) is -0.315. The highest BCUT2D eigenvalue weighted by molar-refractivity contribution is 7.90. The molecule has 0 N–H and O–H groups in total. The second kappa shape index (κ2) is 5.28. The highest BCUT2D eigenvalue weighted by Crippen LogP contribution is 2.24. The van der Waals surface area contributed by atoms with E-state index in [4.69, 9.17) is 4.74 Å². The van der Waals surface area contributed by atoms with Crippen LogP contribution in [0.25, 0.3) is 10.9 Å². The Morgan fingerprint density at radius 1 is 1.35 bits per heavy atom. The molecule has 5 nitrogen and oxygen atoms in total. The van der Waals surface area contributed by atoms with Gasteiger partial charge in [0.25, 0.3) is 0 Å². The average molecular weight is 295 g/mol. The van der Waals surface area contributed by atoms with Gasteiger partial charge in [-0.1, -0.05) is 0 Å². The monoisotopic (exact) mass is 295 g/mol. The van der Waals surface area contributed by atoms with Crippen molar-refractivity contribution < 1.29 is 17.9 Å². The van der Waals surface area contributed by atoms with E-state index in [-0.39, 0.29) is 17.3 Å². The highest BCUT2D eigenvalue weighted by Gasteiger charge is 2.14. The van der Waals surface area contributed by atoms with Crippen molar-refractivity contribution in [2.24, 2.45) is 7.05 Å². The molecule has 0 aliphatic carbocycles. The number of hydrogen-bond acceptors (Lipinski definition) is 4. The van der Waals surface area contributed by atoms with E-state index in [1.165, 1.54) is 6.26 Å². The van der Waals surface area contributed by atoms with Gasteiger partial charge in [0.1, 0.15) is 0 Å². The van der Waals surface area contributed by atoms with E-state index in [1.807, 2.05) is 17.8 Å². The topological polar surface area (TPSA) is 65.4 Å². The molecule has 0 fully saturated rings. The molecule has 20 heavy (non-hydrogen) atoms. The summed E-state index contributed by atoms with van der Waals surface area (Å²) in [4.78, 5) is 11.8. The molecule has 0 unspecified atom stereocenters. The van der Waals surface area contributed by atoms with E-state index in [0.717, 1.165) is 16.5 Å². The van der Waals surface area contributed by atoms with Crippen molar-refractivity contribution in [1.82, 2.24) is 4.57 Å². The van der Waals surface area contributed by atoms with Crippen LogP contribution in [0.4, 0.5) is 0 Å². The fraction of sp³-hybridized carbons (Fsp3) is 0.357. The normalized spacial score (nSPS) is 11.8. The third kappa shape index (κ3) is 2.85. The first-order valence-corrected chi connectivity index (χ1v) is 8.15. The minimum Gasteiger partial charge on any atom is -0.466 e. The quantitative estimate of drug-likeness (QED) is 0.805. The number of ether oxygens (including phenoxy) is 1. The van der Waals surface area contributed by atoms with E-state index in [0.29, 0.717) is 6.61 Å². The molecule has 0 saturated heterocycles. The molecular formula is C14H17NO4S. The average Bonchev–Trinajstić information content (AvgIpc) is 2.65. The summed E-state index contributed by atoms with van der Waals surface area (Å²) in [5.41, 5.74) is 1.66. The Labute approximate surface area is 118 Å². The van der Waals surface area contributed by atoms with Gasteiger partial charge in [-0.25, -0.2) is 8.42 Å². The van der Waals surface area contributed by atoms with Crippen LogP contribution in [0, 0.1) is 0 Å². The number of aryl methyl sites for hydroxylation is 1. The Balaban J connectivity index is 2.52. The van der Waals surface area contributed by atoms with Crippen molar-refractivity contribution in [3.63, 3.8) is 0 Å². The number of hydrogen-bond donors (Lipinski definition) is 0. The van der Waals surface area contributed by atoms with Crippen molar-refractivity contribution >= 4 is 26.7 Å². The smallest absolute Gasteiger partial charge is 0.310 e. The largest absolute Gasteiger partial charge is 0.466 e. The Morgan fingerprint density at radius 2 is 2.05 bits per heavy atom. The van der Waals surface area contributed by atoms with E-state index in [1.54, 1.807) is 25.1 Å². The SMILES string of the molecule is CCOC(=O)Cc1cn(C)c2ccc(S(C)(=O)=O)cc12. The van der Waals surface area contributed by atoms with Crippen molar-refractivity contribution in [2.75, 3.05) is 12.9 Å². The molecule has 0 radical (unpaired) electrons. The van der Waals surface area contributed by atoms with Gasteiger partial charge in [0.05, 0.1) is 17.9 Å². The lowest BCUT2D eigenvalue weighted by atomic mass is 10.1. The number of nitrogens with zero attached hydrogens (tertiary/aromatic N) is 1. The number of sulfone groups is 1. The maximum Gasteiger partial charge on any atom is 0.310 e. The van der Waals surface area contributed by atoms with E-state index < -0.39 is 9.84 Å². The first-order valence-electron chi connectivity index (χ1n) is 6.26. The number of aromatic nitrogens is 1. The van der Waals surface area contributed by atoms with Crippen LogP contribution in [-0.2, 0) is 32.8 Å². The predicted octanol–water partition coefficient (Wildman–Crippen LogP) is 1.69. The number of rotatable bonds is 4.